The van der Waals surface area contributed by atoms with Gasteiger partial charge in [-0.2, -0.15) is 0 Å². The van der Waals surface area contributed by atoms with Gasteiger partial charge in [0.2, 0.25) is 0 Å². The summed E-state index contributed by atoms with van der Waals surface area (Å²) in [6.45, 7) is 9.00. The summed E-state index contributed by atoms with van der Waals surface area (Å²) in [4.78, 5) is 2.73. The largest absolute Gasteiger partial charge is 0.329 e. The van der Waals surface area contributed by atoms with Crippen molar-refractivity contribution in [3.63, 3.8) is 0 Å². The first-order chi connectivity index (χ1) is 10.2. The number of likely N-dealkylation sites (N-methyl/N-ethyl adjacent to an activating group) is 1. The molecule has 0 spiro atoms. The maximum Gasteiger partial charge on any atom is 0.0334 e. The number of rotatable bonds is 5. The van der Waals surface area contributed by atoms with Crippen LogP contribution in [0.25, 0.3) is 0 Å². The number of nitrogens with two attached hydrogens (primary N) is 1. The van der Waals surface area contributed by atoms with Crippen molar-refractivity contribution in [2.75, 3.05) is 13.1 Å². The Balaban J connectivity index is 2.78. The fourth-order valence-electron chi connectivity index (χ4n) is 4.21. The van der Waals surface area contributed by atoms with E-state index < -0.39 is 0 Å². The molecule has 2 heteroatoms. The topological polar surface area (TPSA) is 29.3 Å². The Labute approximate surface area is 133 Å². The molecule has 0 amide bonds. The van der Waals surface area contributed by atoms with Crippen LogP contribution in [0.4, 0.5) is 0 Å². The minimum Gasteiger partial charge on any atom is -0.329 e. The molecule has 1 aliphatic rings. The summed E-state index contributed by atoms with van der Waals surface area (Å²) in [6.07, 6.45) is 16.6. The lowest BCUT2D eigenvalue weighted by Gasteiger charge is -2.47. The predicted molar refractivity (Wildman–Crippen MR) is 94.7 cm³/mol. The predicted octanol–water partition coefficient (Wildman–Crippen LogP) is 5.11. The van der Waals surface area contributed by atoms with Crippen molar-refractivity contribution in [1.82, 2.24) is 4.90 Å². The summed E-state index contributed by atoms with van der Waals surface area (Å²) in [6, 6.07) is 0.659. The molecule has 0 saturated heterocycles. The molecule has 0 aliphatic heterocycles. The number of hydrogen-bond acceptors (Lipinski definition) is 2. The summed E-state index contributed by atoms with van der Waals surface area (Å²) in [7, 11) is 0. The molecule has 2 N–H and O–H groups in total. The van der Waals surface area contributed by atoms with Gasteiger partial charge in [0.1, 0.15) is 0 Å². The van der Waals surface area contributed by atoms with Crippen molar-refractivity contribution in [2.24, 2.45) is 5.73 Å². The lowest BCUT2D eigenvalue weighted by Crippen LogP contribution is -2.57. The lowest BCUT2D eigenvalue weighted by atomic mass is 9.82. The van der Waals surface area contributed by atoms with E-state index in [0.29, 0.717) is 6.04 Å². The summed E-state index contributed by atoms with van der Waals surface area (Å²) in [5, 5.41) is 0. The van der Waals surface area contributed by atoms with Crippen molar-refractivity contribution < 1.29 is 0 Å². The summed E-state index contributed by atoms with van der Waals surface area (Å²) in [5.41, 5.74) is 6.61. The van der Waals surface area contributed by atoms with E-state index in [0.717, 1.165) is 13.1 Å². The average molecular weight is 297 g/mol. The van der Waals surface area contributed by atoms with Gasteiger partial charge in [0.05, 0.1) is 0 Å². The van der Waals surface area contributed by atoms with Crippen molar-refractivity contribution in [1.29, 1.82) is 0 Å². The molecule has 0 heterocycles. The van der Waals surface area contributed by atoms with Crippen LogP contribution in [0.15, 0.2) is 0 Å². The first-order valence-electron chi connectivity index (χ1n) is 9.67. The molecular formula is C19H40N2. The molecular weight excluding hydrogens is 256 g/mol. The highest BCUT2D eigenvalue weighted by Gasteiger charge is 2.35. The van der Waals surface area contributed by atoms with Gasteiger partial charge in [-0.05, 0) is 32.7 Å². The highest BCUT2D eigenvalue weighted by Crippen LogP contribution is 2.31. The summed E-state index contributed by atoms with van der Waals surface area (Å²) in [5.74, 6) is 0. The van der Waals surface area contributed by atoms with Crippen molar-refractivity contribution in [3.8, 4) is 0 Å². The third-order valence-electron chi connectivity index (χ3n) is 5.74. The van der Waals surface area contributed by atoms with Gasteiger partial charge in [0.15, 0.2) is 0 Å². The second-order valence-electron chi connectivity index (χ2n) is 7.15. The molecule has 2 nitrogen and oxygen atoms in total. The molecule has 1 saturated carbocycles. The SMILES string of the molecule is CCC(C)N(CC)C1(CN)CCCCCCCCCCC1. The normalized spacial score (nSPS) is 23.3. The Morgan fingerprint density at radius 1 is 0.857 bits per heavy atom. The van der Waals surface area contributed by atoms with Gasteiger partial charge in [0, 0.05) is 18.1 Å². The highest BCUT2D eigenvalue weighted by atomic mass is 15.2. The number of nitrogens with zero attached hydrogens (tertiary/aromatic N) is 1. The third-order valence-corrected chi connectivity index (χ3v) is 5.74. The molecule has 0 radical (unpaired) electrons. The molecule has 1 fully saturated rings. The zero-order valence-corrected chi connectivity index (χ0v) is 15.0. The van der Waals surface area contributed by atoms with E-state index in [1.165, 1.54) is 77.0 Å². The highest BCUT2D eigenvalue weighted by molar-refractivity contribution is 4.93. The number of hydrogen-bond donors (Lipinski definition) is 1. The van der Waals surface area contributed by atoms with Gasteiger partial charge in [0.25, 0.3) is 0 Å². The van der Waals surface area contributed by atoms with Crippen molar-refractivity contribution in [3.05, 3.63) is 0 Å². The zero-order chi connectivity index (χ0) is 15.6. The second-order valence-corrected chi connectivity index (χ2v) is 7.15. The average Bonchev–Trinajstić information content (AvgIpc) is 2.50. The molecule has 1 unspecified atom stereocenters. The summed E-state index contributed by atoms with van der Waals surface area (Å²) < 4.78 is 0. The van der Waals surface area contributed by atoms with Crippen LogP contribution in [-0.4, -0.2) is 29.6 Å². The molecule has 0 bridgehead atoms. The monoisotopic (exact) mass is 296 g/mol. The molecule has 0 aromatic carbocycles. The van der Waals surface area contributed by atoms with E-state index >= 15 is 0 Å². The van der Waals surface area contributed by atoms with Crippen molar-refractivity contribution >= 4 is 0 Å². The molecule has 1 aliphatic carbocycles. The summed E-state index contributed by atoms with van der Waals surface area (Å²) >= 11 is 0. The van der Waals surface area contributed by atoms with E-state index in [9.17, 15) is 0 Å². The van der Waals surface area contributed by atoms with Gasteiger partial charge in [-0.3, -0.25) is 4.90 Å². The molecule has 21 heavy (non-hydrogen) atoms. The molecule has 126 valence electrons. The zero-order valence-electron chi connectivity index (χ0n) is 15.0. The first-order valence-corrected chi connectivity index (χ1v) is 9.67. The fraction of sp³-hybridized carbons (Fsp3) is 1.00. The van der Waals surface area contributed by atoms with E-state index in [1.807, 2.05) is 0 Å². The van der Waals surface area contributed by atoms with E-state index in [4.69, 9.17) is 5.73 Å². The minimum absolute atomic E-state index is 0.267. The van der Waals surface area contributed by atoms with Crippen LogP contribution in [0.5, 0.6) is 0 Å². The Morgan fingerprint density at radius 3 is 1.62 bits per heavy atom. The first kappa shape index (κ1) is 19.0. The lowest BCUT2D eigenvalue weighted by molar-refractivity contribution is 0.0386. The smallest absolute Gasteiger partial charge is 0.0334 e. The molecule has 1 rings (SSSR count). The van der Waals surface area contributed by atoms with Gasteiger partial charge in [-0.1, -0.05) is 71.6 Å². The van der Waals surface area contributed by atoms with Crippen LogP contribution in [-0.2, 0) is 0 Å². The third kappa shape index (κ3) is 5.90. The van der Waals surface area contributed by atoms with Gasteiger partial charge in [-0.15, -0.1) is 0 Å². The van der Waals surface area contributed by atoms with Crippen LogP contribution in [0.1, 0.15) is 97.8 Å². The molecule has 1 atom stereocenters. The molecule has 0 aromatic heterocycles. The Hall–Kier alpha value is -0.0800. The molecule has 0 aromatic rings. The van der Waals surface area contributed by atoms with Crippen LogP contribution in [0.3, 0.4) is 0 Å². The van der Waals surface area contributed by atoms with Gasteiger partial charge in [-0.25, -0.2) is 0 Å². The Bertz CT molecular complexity index is 240. The van der Waals surface area contributed by atoms with Gasteiger partial charge >= 0.3 is 0 Å². The maximum absolute atomic E-state index is 6.35. The van der Waals surface area contributed by atoms with E-state index in [-0.39, 0.29) is 5.54 Å². The van der Waals surface area contributed by atoms with E-state index in [1.54, 1.807) is 0 Å². The van der Waals surface area contributed by atoms with Crippen LogP contribution < -0.4 is 5.73 Å². The fourth-order valence-corrected chi connectivity index (χ4v) is 4.21. The van der Waals surface area contributed by atoms with Crippen LogP contribution in [0.2, 0.25) is 0 Å². The minimum atomic E-state index is 0.267. The van der Waals surface area contributed by atoms with Crippen molar-refractivity contribution in [2.45, 2.75) is 109 Å². The Morgan fingerprint density at radius 2 is 1.29 bits per heavy atom. The van der Waals surface area contributed by atoms with Crippen LogP contribution in [0, 0.1) is 0 Å². The Kier molecular flexibility index (Phi) is 9.59. The quantitative estimate of drug-likeness (QED) is 0.764. The van der Waals surface area contributed by atoms with Crippen LogP contribution >= 0.6 is 0 Å². The van der Waals surface area contributed by atoms with E-state index in [2.05, 4.69) is 25.7 Å². The van der Waals surface area contributed by atoms with Gasteiger partial charge < -0.3 is 5.73 Å². The second kappa shape index (κ2) is 10.6. The standard InChI is InChI=1S/C19H40N2/c1-4-18(3)21(5-2)19(17-20)15-13-11-9-7-6-8-10-12-14-16-19/h18H,4-17,20H2,1-3H3. The maximum atomic E-state index is 6.35.